The summed E-state index contributed by atoms with van der Waals surface area (Å²) in [5.41, 5.74) is 0. The molecule has 0 unspecified atom stereocenters. The van der Waals surface area contributed by atoms with Crippen LogP contribution in [0.1, 0.15) is 68.7 Å². The normalized spacial score (nSPS) is 26.6. The van der Waals surface area contributed by atoms with Crippen LogP contribution < -0.4 is 0 Å². The molecule has 0 aromatic carbocycles. The Hall–Kier alpha value is 0.891. The van der Waals surface area contributed by atoms with E-state index in [1.165, 1.54) is 0 Å². The first-order valence-electron chi connectivity index (χ1n) is 14.3. The molecule has 5 atom stereocenters. The van der Waals surface area contributed by atoms with Crippen LogP contribution in [0.25, 0.3) is 0 Å². The minimum Gasteiger partial charge on any atom is -0.417 e. The highest BCUT2D eigenvalue weighted by Crippen LogP contribution is 2.43. The van der Waals surface area contributed by atoms with E-state index in [1.807, 2.05) is 0 Å². The molecule has 1 rings (SSSR count). The van der Waals surface area contributed by atoms with Gasteiger partial charge in [-0.3, -0.25) is 0 Å². The van der Waals surface area contributed by atoms with Crippen LogP contribution in [0.3, 0.4) is 0 Å². The van der Waals surface area contributed by atoms with Crippen LogP contribution in [0, 0.1) is 0 Å². The Balaban J connectivity index is 3.30. The maximum Gasteiger partial charge on any atom is 0.192 e. The molecule has 6 nitrogen and oxygen atoms in total. The molecule has 1 heterocycles. The third kappa shape index (κ3) is 9.46. The van der Waals surface area contributed by atoms with Crippen molar-refractivity contribution in [2.24, 2.45) is 0 Å². The third-order valence-corrected chi connectivity index (χ3v) is 23.4. The Morgan fingerprint density at radius 2 is 1.11 bits per heavy atom. The van der Waals surface area contributed by atoms with Crippen molar-refractivity contribution in [3.63, 3.8) is 0 Å². The molecule has 0 bridgehead atoms. The largest absolute Gasteiger partial charge is 0.417 e. The first-order chi connectivity index (χ1) is 16.9. The Morgan fingerprint density at radius 1 is 0.658 bits per heavy atom. The van der Waals surface area contributed by atoms with Gasteiger partial charge in [-0.25, -0.2) is 0 Å². The van der Waals surface area contributed by atoms with Crippen molar-refractivity contribution in [3.8, 4) is 0 Å². The Morgan fingerprint density at radius 3 is 1.50 bits per heavy atom. The minimum atomic E-state index is -2.16. The van der Waals surface area contributed by atoms with Crippen molar-refractivity contribution >= 4 is 40.9 Å². The zero-order chi connectivity index (χ0) is 30.0. The van der Waals surface area contributed by atoms with Gasteiger partial charge in [-0.1, -0.05) is 78.2 Å². The Kier molecular flexibility index (Phi) is 13.1. The average molecular weight is 658 g/mol. The SMILES string of the molecule is CO[C@H]1O[C@H](CBr)[C@@H](O[Si](C)(C)C(C)(C)C)[C@@H](OCCCO[Si](C)(C)C(C)(C)C)[C@@H]1O[Si](C)(C)C(C)(C)C. The van der Waals surface area contributed by atoms with Gasteiger partial charge in [0, 0.05) is 25.7 Å². The quantitative estimate of drug-likeness (QED) is 0.120. The molecule has 10 heteroatoms. The summed E-state index contributed by atoms with van der Waals surface area (Å²) < 4.78 is 39.6. The second-order valence-electron chi connectivity index (χ2n) is 15.4. The van der Waals surface area contributed by atoms with E-state index in [0.717, 1.165) is 6.42 Å². The molecule has 1 aliphatic heterocycles. The second-order valence-corrected chi connectivity index (χ2v) is 30.4. The smallest absolute Gasteiger partial charge is 0.192 e. The zero-order valence-corrected chi connectivity index (χ0v) is 32.1. The van der Waals surface area contributed by atoms with Crippen molar-refractivity contribution in [1.82, 2.24) is 0 Å². The number of hydrogen-bond acceptors (Lipinski definition) is 6. The molecule has 228 valence electrons. The maximum absolute atomic E-state index is 7.05. The zero-order valence-electron chi connectivity index (χ0n) is 27.5. The number of alkyl halides is 1. The molecular formula is C28H61BrO6Si3. The lowest BCUT2D eigenvalue weighted by Gasteiger charge is -2.52. The fourth-order valence-corrected chi connectivity index (χ4v) is 7.71. The first-order valence-corrected chi connectivity index (χ1v) is 24.1. The predicted octanol–water partition coefficient (Wildman–Crippen LogP) is 8.33. The summed E-state index contributed by atoms with van der Waals surface area (Å²) >= 11 is 3.69. The lowest BCUT2D eigenvalue weighted by atomic mass is 9.99. The van der Waals surface area contributed by atoms with Gasteiger partial charge in [0.1, 0.15) is 18.3 Å². The molecule has 1 saturated heterocycles. The maximum atomic E-state index is 7.05. The van der Waals surface area contributed by atoms with Crippen LogP contribution in [0.15, 0.2) is 0 Å². The fraction of sp³-hybridized carbons (Fsp3) is 1.00. The highest BCUT2D eigenvalue weighted by molar-refractivity contribution is 9.09. The van der Waals surface area contributed by atoms with Gasteiger partial charge >= 0.3 is 0 Å². The standard InChI is InChI=1S/C28H61BrO6Si3/c1-26(2,3)36(11,12)32-19-17-18-31-23-22(34-37(13,14)27(4,5)6)21(20-29)33-25(30-10)24(23)35-38(15,16)28(7,8)9/h21-25H,17-20H2,1-16H3/t21-,22-,23-,24+,25+/m1/s1. The summed E-state index contributed by atoms with van der Waals surface area (Å²) in [4.78, 5) is 0. The van der Waals surface area contributed by atoms with E-state index in [9.17, 15) is 0 Å². The van der Waals surface area contributed by atoms with E-state index in [-0.39, 0.29) is 39.5 Å². The molecule has 0 N–H and O–H groups in total. The lowest BCUT2D eigenvalue weighted by Crippen LogP contribution is -2.66. The van der Waals surface area contributed by atoms with Crippen molar-refractivity contribution < 1.29 is 27.5 Å². The molecule has 0 spiro atoms. The van der Waals surface area contributed by atoms with E-state index in [4.69, 9.17) is 27.5 Å². The van der Waals surface area contributed by atoms with Gasteiger partial charge in [-0.15, -0.1) is 0 Å². The summed E-state index contributed by atoms with van der Waals surface area (Å²) in [5.74, 6) is 0. The molecule has 0 saturated carbocycles. The summed E-state index contributed by atoms with van der Waals surface area (Å²) in [5, 5.41) is 0.912. The summed E-state index contributed by atoms with van der Waals surface area (Å²) in [6.07, 6.45) is -0.876. The first kappa shape index (κ1) is 36.9. The van der Waals surface area contributed by atoms with Crippen molar-refractivity contribution in [3.05, 3.63) is 0 Å². The molecule has 1 fully saturated rings. The van der Waals surface area contributed by atoms with E-state index in [0.29, 0.717) is 18.5 Å². The van der Waals surface area contributed by atoms with Crippen molar-refractivity contribution in [2.75, 3.05) is 25.7 Å². The van der Waals surface area contributed by atoms with Crippen molar-refractivity contribution in [1.29, 1.82) is 0 Å². The van der Waals surface area contributed by atoms with Gasteiger partial charge in [0.2, 0.25) is 0 Å². The number of rotatable bonds is 12. The van der Waals surface area contributed by atoms with Gasteiger partial charge < -0.3 is 27.5 Å². The number of methoxy groups -OCH3 is 1. The van der Waals surface area contributed by atoms with Crippen LogP contribution in [-0.4, -0.2) is 81.3 Å². The molecule has 0 amide bonds. The van der Waals surface area contributed by atoms with Gasteiger partial charge in [0.15, 0.2) is 31.2 Å². The topological polar surface area (TPSA) is 55.4 Å². The van der Waals surface area contributed by atoms with Gasteiger partial charge in [0.05, 0.1) is 6.10 Å². The highest BCUT2D eigenvalue weighted by atomic mass is 79.9. The van der Waals surface area contributed by atoms with E-state index in [2.05, 4.69) is 118 Å². The van der Waals surface area contributed by atoms with Crippen molar-refractivity contribution in [2.45, 2.75) is 154 Å². The molecule has 0 aromatic heterocycles. The van der Waals surface area contributed by atoms with Crippen LogP contribution in [-0.2, 0) is 27.5 Å². The second kappa shape index (κ2) is 13.5. The van der Waals surface area contributed by atoms with Gasteiger partial charge in [-0.05, 0) is 60.8 Å². The van der Waals surface area contributed by atoms with E-state index >= 15 is 0 Å². The molecule has 0 radical (unpaired) electrons. The molecular weight excluding hydrogens is 596 g/mol. The molecule has 0 aliphatic carbocycles. The summed E-state index contributed by atoms with van der Waals surface area (Å²) in [7, 11) is -4.41. The fourth-order valence-electron chi connectivity index (χ4n) is 3.51. The minimum absolute atomic E-state index is 0.0366. The van der Waals surface area contributed by atoms with Gasteiger partial charge in [0.25, 0.3) is 0 Å². The number of hydrogen-bond donors (Lipinski definition) is 0. The van der Waals surface area contributed by atoms with Crippen LogP contribution >= 0.6 is 15.9 Å². The van der Waals surface area contributed by atoms with Crippen LogP contribution in [0.4, 0.5) is 0 Å². The molecule has 38 heavy (non-hydrogen) atoms. The van der Waals surface area contributed by atoms with E-state index < -0.39 is 31.2 Å². The van der Waals surface area contributed by atoms with Crippen LogP contribution in [0.2, 0.25) is 54.4 Å². The monoisotopic (exact) mass is 656 g/mol. The summed E-state index contributed by atoms with van der Waals surface area (Å²) in [6.45, 7) is 35.3. The molecule has 1 aliphatic rings. The van der Waals surface area contributed by atoms with Crippen LogP contribution in [0.5, 0.6) is 0 Å². The predicted molar refractivity (Wildman–Crippen MR) is 171 cm³/mol. The molecule has 0 aromatic rings. The van der Waals surface area contributed by atoms with Gasteiger partial charge in [-0.2, -0.15) is 0 Å². The summed E-state index contributed by atoms with van der Waals surface area (Å²) in [6, 6.07) is 0. The number of ether oxygens (including phenoxy) is 3. The lowest BCUT2D eigenvalue weighted by molar-refractivity contribution is -0.286. The highest BCUT2D eigenvalue weighted by Gasteiger charge is 2.54. The average Bonchev–Trinajstić information content (AvgIpc) is 2.72. The third-order valence-electron chi connectivity index (χ3n) is 9.32. The number of halogens is 1. The Bertz CT molecular complexity index is 686. The van der Waals surface area contributed by atoms with E-state index in [1.54, 1.807) is 7.11 Å². The Labute approximate surface area is 247 Å².